The smallest absolute Gasteiger partial charge is 0.337 e. The summed E-state index contributed by atoms with van der Waals surface area (Å²) in [7, 11) is 1.22. The molecule has 0 spiro atoms. The van der Waals surface area contributed by atoms with Crippen LogP contribution in [0.1, 0.15) is 24.1 Å². The Balaban J connectivity index is 2.19. The van der Waals surface area contributed by atoms with Crippen LogP contribution in [0.3, 0.4) is 0 Å². The van der Waals surface area contributed by atoms with Crippen molar-refractivity contribution >= 4 is 29.0 Å². The summed E-state index contributed by atoms with van der Waals surface area (Å²) in [5, 5.41) is 3.12. The normalized spacial score (nSPS) is 17.0. The predicted octanol–water partition coefficient (Wildman–Crippen LogP) is 4.16. The van der Waals surface area contributed by atoms with Crippen LogP contribution in [0, 0.1) is 18.6 Å². The number of aryl methyl sites for hydroxylation is 1. The number of benzene rings is 2. The number of allylic oxidation sites excluding steroid dienone is 1. The third kappa shape index (κ3) is 3.42. The van der Waals surface area contributed by atoms with Crippen molar-refractivity contribution in [2.45, 2.75) is 19.9 Å². The van der Waals surface area contributed by atoms with Crippen LogP contribution in [0.25, 0.3) is 0 Å². The fraction of sp³-hybridized carbons (Fsp3) is 0.200. The molecule has 2 aromatic carbocycles. The molecule has 0 saturated heterocycles. The summed E-state index contributed by atoms with van der Waals surface area (Å²) in [6.45, 7) is 3.63. The highest BCUT2D eigenvalue weighted by atomic mass is 32.1. The average Bonchev–Trinajstić information content (AvgIpc) is 2.62. The predicted molar refractivity (Wildman–Crippen MR) is 103 cm³/mol. The lowest BCUT2D eigenvalue weighted by Gasteiger charge is -2.37. The Hall–Kier alpha value is -2.80. The molecule has 1 aliphatic heterocycles. The van der Waals surface area contributed by atoms with Crippen LogP contribution < -0.4 is 10.2 Å². The van der Waals surface area contributed by atoms with E-state index in [-0.39, 0.29) is 16.2 Å². The maximum atomic E-state index is 14.4. The molecular weight excluding hydrogens is 370 g/mol. The first kappa shape index (κ1) is 19.0. The number of carbonyl (C=O) groups excluding carboxylic acids is 1. The molecule has 4 nitrogen and oxygen atoms in total. The summed E-state index contributed by atoms with van der Waals surface area (Å²) < 4.78 is 33.6. The van der Waals surface area contributed by atoms with Crippen molar-refractivity contribution in [3.63, 3.8) is 0 Å². The van der Waals surface area contributed by atoms with Gasteiger partial charge in [-0.2, -0.15) is 0 Å². The zero-order chi connectivity index (χ0) is 19.7. The van der Waals surface area contributed by atoms with Crippen molar-refractivity contribution in [2.24, 2.45) is 0 Å². The first-order valence-corrected chi connectivity index (χ1v) is 8.66. The van der Waals surface area contributed by atoms with Crippen LogP contribution in [-0.4, -0.2) is 18.2 Å². The number of hydrogen-bond donors (Lipinski definition) is 1. The molecule has 0 unspecified atom stereocenters. The fourth-order valence-corrected chi connectivity index (χ4v) is 3.49. The van der Waals surface area contributed by atoms with Crippen molar-refractivity contribution in [3.05, 3.63) is 76.5 Å². The molecule has 3 rings (SSSR count). The van der Waals surface area contributed by atoms with Gasteiger partial charge in [-0.25, -0.2) is 13.6 Å². The standard InChI is InChI=1S/C20H18F2N2O2S/c1-11-7-9-13(10-8-11)24-12(2)16(19(25)26-3)18(23-20(24)27)17-14(21)5-4-6-15(17)22/h4-10,18H,1-3H3,(H,23,27)/t18-/m1/s1. The highest BCUT2D eigenvalue weighted by Gasteiger charge is 2.37. The number of methoxy groups -OCH3 is 1. The van der Waals surface area contributed by atoms with Gasteiger partial charge in [-0.05, 0) is 50.3 Å². The summed E-state index contributed by atoms with van der Waals surface area (Å²) in [5.74, 6) is -2.23. The summed E-state index contributed by atoms with van der Waals surface area (Å²) in [6, 6.07) is 9.98. The van der Waals surface area contributed by atoms with E-state index in [0.29, 0.717) is 5.70 Å². The summed E-state index contributed by atoms with van der Waals surface area (Å²) in [5.41, 5.74) is 2.06. The molecule has 0 aromatic heterocycles. The molecule has 0 radical (unpaired) electrons. The van der Waals surface area contributed by atoms with Gasteiger partial charge >= 0.3 is 5.97 Å². The molecule has 1 heterocycles. The summed E-state index contributed by atoms with van der Waals surface area (Å²) in [6.07, 6.45) is 0. The average molecular weight is 388 g/mol. The SMILES string of the molecule is COC(=O)C1=C(C)N(c2ccc(C)cc2)C(=S)N[C@H]1c1c(F)cccc1F. The van der Waals surface area contributed by atoms with E-state index in [9.17, 15) is 13.6 Å². The molecule has 1 atom stereocenters. The van der Waals surface area contributed by atoms with Gasteiger partial charge in [0.15, 0.2) is 5.11 Å². The Morgan fingerprint density at radius 3 is 2.26 bits per heavy atom. The van der Waals surface area contributed by atoms with Gasteiger partial charge in [0, 0.05) is 11.4 Å². The maximum Gasteiger partial charge on any atom is 0.337 e. The van der Waals surface area contributed by atoms with Crippen LogP contribution in [0.4, 0.5) is 14.5 Å². The van der Waals surface area contributed by atoms with E-state index in [1.165, 1.54) is 13.2 Å². The van der Waals surface area contributed by atoms with Crippen molar-refractivity contribution in [1.82, 2.24) is 5.32 Å². The van der Waals surface area contributed by atoms with Crippen LogP contribution in [-0.2, 0) is 9.53 Å². The van der Waals surface area contributed by atoms with Gasteiger partial charge < -0.3 is 10.1 Å². The first-order valence-electron chi connectivity index (χ1n) is 8.25. The number of nitrogens with one attached hydrogen (secondary N) is 1. The van der Waals surface area contributed by atoms with Gasteiger partial charge in [-0.15, -0.1) is 0 Å². The zero-order valence-corrected chi connectivity index (χ0v) is 15.9. The third-order valence-electron chi connectivity index (χ3n) is 4.47. The van der Waals surface area contributed by atoms with Crippen molar-refractivity contribution in [1.29, 1.82) is 0 Å². The Kier molecular flexibility index (Phi) is 5.23. The molecule has 0 aliphatic carbocycles. The molecule has 0 saturated carbocycles. The third-order valence-corrected chi connectivity index (χ3v) is 4.77. The molecule has 140 valence electrons. The summed E-state index contributed by atoms with van der Waals surface area (Å²) >= 11 is 5.44. The maximum absolute atomic E-state index is 14.4. The number of ether oxygens (including phenoxy) is 1. The van der Waals surface area contributed by atoms with Crippen LogP contribution in [0.2, 0.25) is 0 Å². The Bertz CT molecular complexity index is 921. The Morgan fingerprint density at radius 1 is 1.11 bits per heavy atom. The second-order valence-electron chi connectivity index (χ2n) is 6.18. The van der Waals surface area contributed by atoms with E-state index in [2.05, 4.69) is 5.32 Å². The van der Waals surface area contributed by atoms with Gasteiger partial charge in [0.05, 0.1) is 24.3 Å². The van der Waals surface area contributed by atoms with Gasteiger partial charge in [-0.3, -0.25) is 4.90 Å². The van der Waals surface area contributed by atoms with Crippen molar-refractivity contribution in [3.8, 4) is 0 Å². The molecule has 0 bridgehead atoms. The van der Waals surface area contributed by atoms with Crippen molar-refractivity contribution in [2.75, 3.05) is 12.0 Å². The molecule has 0 amide bonds. The number of nitrogens with zero attached hydrogens (tertiary/aromatic N) is 1. The molecule has 1 N–H and O–H groups in total. The number of halogens is 2. The van der Waals surface area contributed by atoms with Gasteiger partial charge in [0.2, 0.25) is 0 Å². The minimum absolute atomic E-state index is 0.0932. The quantitative estimate of drug-likeness (QED) is 0.632. The number of thiocarbonyl (C=S) groups is 1. The number of rotatable bonds is 3. The topological polar surface area (TPSA) is 41.6 Å². The van der Waals surface area contributed by atoms with E-state index in [1.807, 2.05) is 31.2 Å². The van der Waals surface area contributed by atoms with Gasteiger partial charge in [-0.1, -0.05) is 23.8 Å². The fourth-order valence-electron chi connectivity index (χ4n) is 3.13. The lowest BCUT2D eigenvalue weighted by molar-refractivity contribution is -0.136. The number of esters is 1. The Morgan fingerprint density at radius 2 is 1.70 bits per heavy atom. The molecule has 0 fully saturated rings. The minimum Gasteiger partial charge on any atom is -0.466 e. The highest BCUT2D eigenvalue weighted by Crippen LogP contribution is 2.36. The first-order chi connectivity index (χ1) is 12.8. The highest BCUT2D eigenvalue weighted by molar-refractivity contribution is 7.80. The summed E-state index contributed by atoms with van der Waals surface area (Å²) in [4.78, 5) is 14.1. The Labute approximate surface area is 161 Å². The molecule has 27 heavy (non-hydrogen) atoms. The zero-order valence-electron chi connectivity index (χ0n) is 15.0. The second-order valence-corrected chi connectivity index (χ2v) is 6.57. The van der Waals surface area contributed by atoms with E-state index >= 15 is 0 Å². The van der Waals surface area contributed by atoms with Crippen LogP contribution in [0.5, 0.6) is 0 Å². The van der Waals surface area contributed by atoms with Crippen LogP contribution in [0.15, 0.2) is 53.7 Å². The van der Waals surface area contributed by atoms with Crippen molar-refractivity contribution < 1.29 is 18.3 Å². The molecule has 2 aromatic rings. The number of hydrogen-bond acceptors (Lipinski definition) is 3. The lowest BCUT2D eigenvalue weighted by Crippen LogP contribution is -2.48. The second kappa shape index (κ2) is 7.44. The lowest BCUT2D eigenvalue weighted by atomic mass is 9.94. The monoisotopic (exact) mass is 388 g/mol. The number of anilines is 1. The van der Waals surface area contributed by atoms with E-state index < -0.39 is 23.6 Å². The van der Waals surface area contributed by atoms with E-state index in [1.54, 1.807) is 11.8 Å². The largest absolute Gasteiger partial charge is 0.466 e. The minimum atomic E-state index is -1.09. The molecule has 1 aliphatic rings. The van der Waals surface area contributed by atoms with E-state index in [0.717, 1.165) is 23.4 Å². The van der Waals surface area contributed by atoms with Gasteiger partial charge in [0.25, 0.3) is 0 Å². The molecule has 7 heteroatoms. The van der Waals surface area contributed by atoms with E-state index in [4.69, 9.17) is 17.0 Å². The van der Waals surface area contributed by atoms with Gasteiger partial charge in [0.1, 0.15) is 11.6 Å². The van der Waals surface area contributed by atoms with Crippen LogP contribution >= 0.6 is 12.2 Å². The molecular formula is C20H18F2N2O2S. The number of carbonyl (C=O) groups is 1.